The Labute approximate surface area is 123 Å². The first-order valence-corrected chi connectivity index (χ1v) is 9.38. The first-order chi connectivity index (χ1) is 9.50. The average molecular weight is 320 g/mol. The van der Waals surface area contributed by atoms with Crippen LogP contribution in [0.25, 0.3) is 0 Å². The molecule has 0 bridgehead atoms. The molecule has 1 aliphatic rings. The third kappa shape index (κ3) is 4.14. The largest absolute Gasteiger partial charge is 0.329 e. The second-order valence-corrected chi connectivity index (χ2v) is 7.88. The monoisotopic (exact) mass is 320 g/mol. The van der Waals surface area contributed by atoms with Gasteiger partial charge in [0.15, 0.2) is 0 Å². The predicted molar refractivity (Wildman–Crippen MR) is 76.7 cm³/mol. The molecule has 1 atom stereocenters. The maximum Gasteiger partial charge on any atom is 0.211 e. The third-order valence-corrected chi connectivity index (χ3v) is 5.70. The van der Waals surface area contributed by atoms with E-state index in [0.29, 0.717) is 32.1 Å². The van der Waals surface area contributed by atoms with Crippen LogP contribution in [0.15, 0.2) is 5.16 Å². The highest BCUT2D eigenvalue weighted by molar-refractivity contribution is 7.99. The lowest BCUT2D eigenvalue weighted by Gasteiger charge is -2.30. The zero-order valence-corrected chi connectivity index (χ0v) is 13.1. The number of aromatic nitrogens is 4. The van der Waals surface area contributed by atoms with Gasteiger partial charge in [0.05, 0.1) is 12.8 Å². The topological polar surface area (TPSA) is 107 Å². The molecule has 2 heterocycles. The van der Waals surface area contributed by atoms with Crippen LogP contribution in [0.3, 0.4) is 0 Å². The number of sulfonamides is 1. The smallest absolute Gasteiger partial charge is 0.211 e. The van der Waals surface area contributed by atoms with Gasteiger partial charge in [0.25, 0.3) is 0 Å². The van der Waals surface area contributed by atoms with Gasteiger partial charge in [0, 0.05) is 25.4 Å². The van der Waals surface area contributed by atoms with E-state index in [9.17, 15) is 8.42 Å². The summed E-state index contributed by atoms with van der Waals surface area (Å²) in [6, 6.07) is 0. The molecule has 10 heteroatoms. The van der Waals surface area contributed by atoms with E-state index in [1.165, 1.54) is 6.26 Å². The number of nitrogens with two attached hydrogens (primary N) is 1. The van der Waals surface area contributed by atoms with Gasteiger partial charge in [0.2, 0.25) is 15.2 Å². The summed E-state index contributed by atoms with van der Waals surface area (Å²) >= 11 is 1.56. The third-order valence-electron chi connectivity index (χ3n) is 3.24. The van der Waals surface area contributed by atoms with E-state index in [1.54, 1.807) is 20.7 Å². The highest BCUT2D eigenvalue weighted by Gasteiger charge is 2.26. The van der Waals surface area contributed by atoms with E-state index in [-0.39, 0.29) is 0 Å². The van der Waals surface area contributed by atoms with Gasteiger partial charge in [-0.25, -0.2) is 17.4 Å². The van der Waals surface area contributed by atoms with Crippen molar-refractivity contribution in [3.05, 3.63) is 0 Å². The quantitative estimate of drug-likeness (QED) is 0.697. The Morgan fingerprint density at radius 1 is 1.50 bits per heavy atom. The molecular weight excluding hydrogens is 300 g/mol. The molecule has 8 nitrogen and oxygen atoms in total. The minimum Gasteiger partial charge on any atom is -0.329 e. The molecule has 0 spiro atoms. The van der Waals surface area contributed by atoms with Gasteiger partial charge in [-0.3, -0.25) is 0 Å². The highest BCUT2D eigenvalue weighted by Crippen LogP contribution is 2.25. The first kappa shape index (κ1) is 15.7. The fraction of sp³-hybridized carbons (Fsp3) is 0.900. The van der Waals surface area contributed by atoms with Crippen LogP contribution in [-0.2, 0) is 16.6 Å². The molecule has 0 saturated carbocycles. The zero-order valence-electron chi connectivity index (χ0n) is 11.5. The van der Waals surface area contributed by atoms with E-state index >= 15 is 0 Å². The summed E-state index contributed by atoms with van der Waals surface area (Å²) in [6.07, 6.45) is 3.22. The van der Waals surface area contributed by atoms with E-state index in [2.05, 4.69) is 15.5 Å². The Morgan fingerprint density at radius 2 is 2.30 bits per heavy atom. The minimum absolute atomic E-state index is 0.339. The molecular formula is C10H20N6O2S2. The molecule has 0 aromatic carbocycles. The summed E-state index contributed by atoms with van der Waals surface area (Å²) in [6.45, 7) is 2.30. The lowest BCUT2D eigenvalue weighted by Crippen LogP contribution is -2.39. The fourth-order valence-electron chi connectivity index (χ4n) is 2.22. The second kappa shape index (κ2) is 6.83. The Bertz CT molecular complexity index is 532. The second-order valence-electron chi connectivity index (χ2n) is 4.91. The van der Waals surface area contributed by atoms with Crippen LogP contribution in [0.1, 0.15) is 12.8 Å². The van der Waals surface area contributed by atoms with Crippen LogP contribution in [-0.4, -0.2) is 64.6 Å². The number of hydrogen-bond donors (Lipinski definition) is 1. The van der Waals surface area contributed by atoms with Gasteiger partial charge in [-0.15, -0.1) is 5.10 Å². The molecule has 1 aliphatic heterocycles. The number of thioether (sulfide) groups is 1. The molecule has 0 aliphatic carbocycles. The van der Waals surface area contributed by atoms with E-state index in [1.807, 2.05) is 0 Å². The van der Waals surface area contributed by atoms with Gasteiger partial charge in [0.1, 0.15) is 0 Å². The number of nitrogens with zero attached hydrogens (tertiary/aromatic N) is 5. The van der Waals surface area contributed by atoms with E-state index in [4.69, 9.17) is 5.73 Å². The van der Waals surface area contributed by atoms with Crippen molar-refractivity contribution >= 4 is 21.8 Å². The summed E-state index contributed by atoms with van der Waals surface area (Å²) in [5.41, 5.74) is 5.49. The van der Waals surface area contributed by atoms with Crippen molar-refractivity contribution in [2.75, 3.05) is 31.6 Å². The lowest BCUT2D eigenvalue weighted by molar-refractivity contribution is 0.286. The van der Waals surface area contributed by atoms with Crippen molar-refractivity contribution in [2.24, 2.45) is 11.7 Å². The SMILES string of the molecule is CS(=O)(=O)N1CCCC(CSc2nnnn2CCN)C1. The summed E-state index contributed by atoms with van der Waals surface area (Å²) in [5, 5.41) is 12.2. The maximum atomic E-state index is 11.6. The van der Waals surface area contributed by atoms with Crippen LogP contribution >= 0.6 is 11.8 Å². The molecule has 1 saturated heterocycles. The van der Waals surface area contributed by atoms with Crippen LogP contribution in [0.4, 0.5) is 0 Å². The van der Waals surface area contributed by atoms with Gasteiger partial charge in [-0.2, -0.15) is 0 Å². The number of rotatable bonds is 6. The number of piperidine rings is 1. The Morgan fingerprint density at radius 3 is 3.00 bits per heavy atom. The summed E-state index contributed by atoms with van der Waals surface area (Å²) < 4.78 is 26.4. The van der Waals surface area contributed by atoms with Gasteiger partial charge in [-0.1, -0.05) is 11.8 Å². The van der Waals surface area contributed by atoms with Gasteiger partial charge >= 0.3 is 0 Å². The normalized spacial score (nSPS) is 21.2. The summed E-state index contributed by atoms with van der Waals surface area (Å²) in [5.74, 6) is 1.16. The van der Waals surface area contributed by atoms with Crippen molar-refractivity contribution in [1.29, 1.82) is 0 Å². The van der Waals surface area contributed by atoms with E-state index < -0.39 is 10.0 Å². The van der Waals surface area contributed by atoms with Crippen LogP contribution in [0.2, 0.25) is 0 Å². The number of tetrazole rings is 1. The predicted octanol–water partition coefficient (Wildman–Crippen LogP) is -0.604. The molecule has 20 heavy (non-hydrogen) atoms. The Hall–Kier alpha value is -0.710. The molecule has 1 fully saturated rings. The molecule has 2 N–H and O–H groups in total. The lowest BCUT2D eigenvalue weighted by atomic mass is 10.0. The van der Waals surface area contributed by atoms with Crippen molar-refractivity contribution in [2.45, 2.75) is 24.5 Å². The first-order valence-electron chi connectivity index (χ1n) is 6.55. The van der Waals surface area contributed by atoms with Crippen molar-refractivity contribution < 1.29 is 8.42 Å². The molecule has 2 rings (SSSR count). The van der Waals surface area contributed by atoms with Crippen molar-refractivity contribution in [1.82, 2.24) is 24.5 Å². The van der Waals surface area contributed by atoms with Crippen molar-refractivity contribution in [3.8, 4) is 0 Å². The standard InChI is InChI=1S/C10H20N6O2S2/c1-20(17,18)15-5-2-3-9(7-15)8-19-10-12-13-14-16(10)6-4-11/h9H,2-8,11H2,1H3. The number of hydrogen-bond acceptors (Lipinski definition) is 7. The molecule has 1 aromatic heterocycles. The fourth-order valence-corrected chi connectivity index (χ4v) is 4.19. The molecule has 114 valence electrons. The zero-order chi connectivity index (χ0) is 14.6. The maximum absolute atomic E-state index is 11.6. The Balaban J connectivity index is 1.89. The van der Waals surface area contributed by atoms with Crippen LogP contribution in [0, 0.1) is 5.92 Å². The molecule has 0 amide bonds. The van der Waals surface area contributed by atoms with Gasteiger partial charge < -0.3 is 5.73 Å². The summed E-state index contributed by atoms with van der Waals surface area (Å²) in [7, 11) is -3.09. The average Bonchev–Trinajstić information content (AvgIpc) is 2.84. The summed E-state index contributed by atoms with van der Waals surface area (Å²) in [4.78, 5) is 0. The molecule has 0 radical (unpaired) electrons. The van der Waals surface area contributed by atoms with Gasteiger partial charge in [-0.05, 0) is 29.2 Å². The van der Waals surface area contributed by atoms with Crippen molar-refractivity contribution in [3.63, 3.8) is 0 Å². The van der Waals surface area contributed by atoms with Crippen LogP contribution in [0.5, 0.6) is 0 Å². The molecule has 1 unspecified atom stereocenters. The van der Waals surface area contributed by atoms with Crippen LogP contribution < -0.4 is 5.73 Å². The minimum atomic E-state index is -3.09. The highest BCUT2D eigenvalue weighted by atomic mass is 32.2. The molecule has 1 aromatic rings. The Kier molecular flexibility index (Phi) is 5.35. The van der Waals surface area contributed by atoms with E-state index in [0.717, 1.165) is 23.8 Å².